The molecule has 4 heteroatoms. The maximum atomic E-state index is 11.5. The van der Waals surface area contributed by atoms with Gasteiger partial charge < -0.3 is 14.9 Å². The van der Waals surface area contributed by atoms with Crippen LogP contribution in [0.25, 0.3) is 0 Å². The second-order valence-corrected chi connectivity index (χ2v) is 6.26. The number of allylic oxidation sites excluding steroid dienone is 1. The van der Waals surface area contributed by atoms with Gasteiger partial charge in [-0.2, -0.15) is 0 Å². The zero-order valence-corrected chi connectivity index (χ0v) is 14.0. The number of carbonyl (C=O) groups is 1. The maximum Gasteiger partial charge on any atom is 0.305 e. The summed E-state index contributed by atoms with van der Waals surface area (Å²) < 4.78 is 4.95. The van der Waals surface area contributed by atoms with Gasteiger partial charge in [0.2, 0.25) is 0 Å². The fourth-order valence-electron chi connectivity index (χ4n) is 3.21. The van der Waals surface area contributed by atoms with E-state index < -0.39 is 6.10 Å². The van der Waals surface area contributed by atoms with Crippen molar-refractivity contribution in [3.05, 3.63) is 12.2 Å². The van der Waals surface area contributed by atoms with Gasteiger partial charge in [-0.15, -0.1) is 0 Å². The van der Waals surface area contributed by atoms with E-state index in [4.69, 9.17) is 4.74 Å². The van der Waals surface area contributed by atoms with Gasteiger partial charge in [-0.05, 0) is 44.4 Å². The molecule has 0 aromatic heterocycles. The Morgan fingerprint density at radius 1 is 1.32 bits per heavy atom. The second kappa shape index (κ2) is 10.8. The summed E-state index contributed by atoms with van der Waals surface area (Å²) >= 11 is 0. The number of rotatable bonds is 10. The average Bonchev–Trinajstić information content (AvgIpc) is 2.84. The fourth-order valence-corrected chi connectivity index (χ4v) is 3.21. The van der Waals surface area contributed by atoms with E-state index in [1.165, 1.54) is 0 Å². The minimum absolute atomic E-state index is 0.100. The summed E-state index contributed by atoms with van der Waals surface area (Å²) in [5, 5.41) is 20.0. The topological polar surface area (TPSA) is 66.8 Å². The summed E-state index contributed by atoms with van der Waals surface area (Å²) in [6.45, 7) is 4.35. The Balaban J connectivity index is 2.41. The van der Waals surface area contributed by atoms with Gasteiger partial charge in [0.05, 0.1) is 18.8 Å². The highest BCUT2D eigenvalue weighted by atomic mass is 16.5. The van der Waals surface area contributed by atoms with Gasteiger partial charge in [0, 0.05) is 6.42 Å². The smallest absolute Gasteiger partial charge is 0.305 e. The standard InChI is InChI=1S/C18H32O4/c1-3-5-6-7-15(19)10-8-14-9-12-17(20)16(14)11-13-18(21)22-4-2/h8,10,14-17,19-20H,3-7,9,11-13H2,1-2H3/b10-8+/t14-,15?,16-,17+/m0/s1. The quantitative estimate of drug-likeness (QED) is 0.369. The van der Waals surface area contributed by atoms with Crippen LogP contribution in [0.15, 0.2) is 12.2 Å². The number of hydrogen-bond acceptors (Lipinski definition) is 4. The van der Waals surface area contributed by atoms with E-state index in [1.54, 1.807) is 6.92 Å². The molecule has 1 rings (SSSR count). The van der Waals surface area contributed by atoms with Crippen LogP contribution in [-0.2, 0) is 9.53 Å². The molecule has 4 nitrogen and oxygen atoms in total. The van der Waals surface area contributed by atoms with Crippen molar-refractivity contribution in [2.45, 2.75) is 77.4 Å². The highest BCUT2D eigenvalue weighted by Crippen LogP contribution is 2.36. The number of hydrogen-bond donors (Lipinski definition) is 2. The molecule has 0 heterocycles. The molecule has 0 bridgehead atoms. The van der Waals surface area contributed by atoms with Crippen molar-refractivity contribution in [2.75, 3.05) is 6.61 Å². The Morgan fingerprint density at radius 2 is 2.09 bits per heavy atom. The molecule has 128 valence electrons. The molecule has 0 amide bonds. The Morgan fingerprint density at radius 3 is 2.77 bits per heavy atom. The van der Waals surface area contributed by atoms with E-state index in [-0.39, 0.29) is 23.9 Å². The number of unbranched alkanes of at least 4 members (excludes halogenated alkanes) is 2. The van der Waals surface area contributed by atoms with E-state index in [1.807, 2.05) is 12.2 Å². The lowest BCUT2D eigenvalue weighted by molar-refractivity contribution is -0.143. The van der Waals surface area contributed by atoms with Gasteiger partial charge in [-0.1, -0.05) is 38.3 Å². The summed E-state index contributed by atoms with van der Waals surface area (Å²) in [6.07, 6.45) is 10.0. The van der Waals surface area contributed by atoms with Gasteiger partial charge in [0.25, 0.3) is 0 Å². The third-order valence-electron chi connectivity index (χ3n) is 4.51. The molecule has 1 aliphatic rings. The molecule has 1 aliphatic carbocycles. The Bertz CT molecular complexity index is 340. The van der Waals surface area contributed by atoms with Crippen molar-refractivity contribution in [3.63, 3.8) is 0 Å². The van der Waals surface area contributed by atoms with Gasteiger partial charge in [-0.25, -0.2) is 0 Å². The lowest BCUT2D eigenvalue weighted by Crippen LogP contribution is -2.20. The highest BCUT2D eigenvalue weighted by molar-refractivity contribution is 5.69. The molecule has 0 aromatic rings. The largest absolute Gasteiger partial charge is 0.466 e. The fraction of sp³-hybridized carbons (Fsp3) is 0.833. The number of aliphatic hydroxyl groups excluding tert-OH is 2. The van der Waals surface area contributed by atoms with Crippen molar-refractivity contribution in [1.82, 2.24) is 0 Å². The maximum absolute atomic E-state index is 11.5. The van der Waals surface area contributed by atoms with Crippen molar-refractivity contribution >= 4 is 5.97 Å². The monoisotopic (exact) mass is 312 g/mol. The second-order valence-electron chi connectivity index (χ2n) is 6.26. The summed E-state index contributed by atoms with van der Waals surface area (Å²) in [5.41, 5.74) is 0. The molecular weight excluding hydrogens is 280 g/mol. The van der Waals surface area contributed by atoms with Crippen LogP contribution in [0.3, 0.4) is 0 Å². The Labute approximate surface area is 134 Å². The van der Waals surface area contributed by atoms with Crippen LogP contribution in [0.2, 0.25) is 0 Å². The average molecular weight is 312 g/mol. The molecule has 22 heavy (non-hydrogen) atoms. The predicted octanol–water partition coefficient (Wildman–Crippen LogP) is 3.21. The van der Waals surface area contributed by atoms with Gasteiger partial charge in [0.15, 0.2) is 0 Å². The van der Waals surface area contributed by atoms with Crippen LogP contribution in [0.1, 0.15) is 65.2 Å². The van der Waals surface area contributed by atoms with E-state index in [0.717, 1.165) is 38.5 Å². The highest BCUT2D eigenvalue weighted by Gasteiger charge is 2.33. The van der Waals surface area contributed by atoms with E-state index >= 15 is 0 Å². The minimum Gasteiger partial charge on any atom is -0.466 e. The van der Waals surface area contributed by atoms with Crippen LogP contribution in [0, 0.1) is 11.8 Å². The van der Waals surface area contributed by atoms with Crippen LogP contribution in [0.4, 0.5) is 0 Å². The summed E-state index contributed by atoms with van der Waals surface area (Å²) in [6, 6.07) is 0. The molecular formula is C18H32O4. The molecule has 4 atom stereocenters. The predicted molar refractivity (Wildman–Crippen MR) is 87.4 cm³/mol. The normalized spacial score (nSPS) is 26.5. The molecule has 0 aliphatic heterocycles. The van der Waals surface area contributed by atoms with E-state index in [2.05, 4.69) is 6.92 Å². The molecule has 1 saturated carbocycles. The Kier molecular flexibility index (Phi) is 9.41. The van der Waals surface area contributed by atoms with E-state index in [9.17, 15) is 15.0 Å². The van der Waals surface area contributed by atoms with Crippen LogP contribution in [-0.4, -0.2) is 35.0 Å². The first-order valence-electron chi connectivity index (χ1n) is 8.78. The van der Waals surface area contributed by atoms with Crippen LogP contribution >= 0.6 is 0 Å². The summed E-state index contributed by atoms with van der Waals surface area (Å²) in [5.74, 6) is 0.165. The van der Waals surface area contributed by atoms with Crippen molar-refractivity contribution in [2.24, 2.45) is 11.8 Å². The third-order valence-corrected chi connectivity index (χ3v) is 4.51. The Hall–Kier alpha value is -0.870. The number of ether oxygens (including phenoxy) is 1. The lowest BCUT2D eigenvalue weighted by Gasteiger charge is -2.19. The molecule has 1 fully saturated rings. The number of esters is 1. The van der Waals surface area contributed by atoms with E-state index in [0.29, 0.717) is 19.4 Å². The molecule has 0 saturated heterocycles. The lowest BCUT2D eigenvalue weighted by atomic mass is 9.89. The van der Waals surface area contributed by atoms with Crippen molar-refractivity contribution < 1.29 is 19.7 Å². The molecule has 0 radical (unpaired) electrons. The van der Waals surface area contributed by atoms with Gasteiger partial charge in [0.1, 0.15) is 0 Å². The van der Waals surface area contributed by atoms with Crippen molar-refractivity contribution in [1.29, 1.82) is 0 Å². The molecule has 0 spiro atoms. The zero-order chi connectivity index (χ0) is 16.4. The third kappa shape index (κ3) is 6.93. The zero-order valence-electron chi connectivity index (χ0n) is 14.0. The number of carbonyl (C=O) groups excluding carboxylic acids is 1. The first-order chi connectivity index (χ1) is 10.6. The first kappa shape index (κ1) is 19.2. The summed E-state index contributed by atoms with van der Waals surface area (Å²) in [7, 11) is 0. The molecule has 0 aromatic carbocycles. The molecule has 2 N–H and O–H groups in total. The van der Waals surface area contributed by atoms with Crippen molar-refractivity contribution in [3.8, 4) is 0 Å². The molecule has 1 unspecified atom stereocenters. The van der Waals surface area contributed by atoms with Crippen LogP contribution in [0.5, 0.6) is 0 Å². The van der Waals surface area contributed by atoms with Gasteiger partial charge in [-0.3, -0.25) is 4.79 Å². The SMILES string of the molecule is CCCCCC(O)/C=C/[C@H]1CC[C@@H](O)[C@H]1CCC(=O)OCC. The summed E-state index contributed by atoms with van der Waals surface area (Å²) in [4.78, 5) is 11.5. The number of aliphatic hydroxyl groups is 2. The minimum atomic E-state index is -0.394. The van der Waals surface area contributed by atoms with Gasteiger partial charge >= 0.3 is 5.97 Å². The van der Waals surface area contributed by atoms with Crippen LogP contribution < -0.4 is 0 Å². The first-order valence-corrected chi connectivity index (χ1v) is 8.78.